The van der Waals surface area contributed by atoms with Gasteiger partial charge in [-0.3, -0.25) is 0 Å². The van der Waals surface area contributed by atoms with Crippen molar-refractivity contribution < 1.29 is 0 Å². The van der Waals surface area contributed by atoms with E-state index in [0.717, 1.165) is 43.3 Å². The summed E-state index contributed by atoms with van der Waals surface area (Å²) < 4.78 is 4.05. The van der Waals surface area contributed by atoms with E-state index in [1.165, 1.54) is 5.56 Å². The molecule has 0 saturated carbocycles. The molecular formula is C17H20N6. The maximum atomic E-state index is 4.45. The standard InChI is InChI=1S/C17H20N6/c1-13-20-17-7-4-15(11-23(17)21-13)19-10-14-2-5-16(6-3-14)22-9-8-18-12-22/h2-3,5-6,8-9,12,15,19H,4,7,10-11H2,1H3/t15-/m1/s1. The van der Waals surface area contributed by atoms with Gasteiger partial charge in [-0.15, -0.1) is 0 Å². The van der Waals surface area contributed by atoms with Crippen molar-refractivity contribution in [2.75, 3.05) is 0 Å². The van der Waals surface area contributed by atoms with Crippen LogP contribution in [0, 0.1) is 6.92 Å². The van der Waals surface area contributed by atoms with Crippen LogP contribution < -0.4 is 5.32 Å². The molecule has 6 nitrogen and oxygen atoms in total. The third-order valence-corrected chi connectivity index (χ3v) is 4.30. The van der Waals surface area contributed by atoms with E-state index >= 15 is 0 Å². The van der Waals surface area contributed by atoms with Crippen molar-refractivity contribution in [2.45, 2.75) is 38.9 Å². The summed E-state index contributed by atoms with van der Waals surface area (Å²) in [6, 6.07) is 9.03. The first-order valence-corrected chi connectivity index (χ1v) is 7.99. The molecule has 2 aromatic heterocycles. The zero-order valence-corrected chi connectivity index (χ0v) is 13.2. The minimum atomic E-state index is 0.455. The molecule has 0 radical (unpaired) electrons. The highest BCUT2D eigenvalue weighted by atomic mass is 15.4. The molecule has 1 aromatic carbocycles. The van der Waals surface area contributed by atoms with Gasteiger partial charge in [0.25, 0.3) is 0 Å². The second-order valence-electron chi connectivity index (χ2n) is 6.01. The Morgan fingerprint density at radius 3 is 2.91 bits per heavy atom. The summed E-state index contributed by atoms with van der Waals surface area (Å²) in [5.41, 5.74) is 2.42. The largest absolute Gasteiger partial charge is 0.308 e. The van der Waals surface area contributed by atoms with E-state index in [2.05, 4.69) is 44.6 Å². The van der Waals surface area contributed by atoms with Crippen molar-refractivity contribution in [1.82, 2.24) is 29.6 Å². The minimum absolute atomic E-state index is 0.455. The lowest BCUT2D eigenvalue weighted by Gasteiger charge is -2.23. The number of aromatic nitrogens is 5. The molecule has 1 aliphatic rings. The molecule has 0 fully saturated rings. The van der Waals surface area contributed by atoms with Gasteiger partial charge in [-0.1, -0.05) is 12.1 Å². The Kier molecular flexibility index (Phi) is 3.67. The van der Waals surface area contributed by atoms with Gasteiger partial charge in [-0.05, 0) is 31.0 Å². The highest BCUT2D eigenvalue weighted by Gasteiger charge is 2.20. The van der Waals surface area contributed by atoms with Crippen molar-refractivity contribution in [1.29, 1.82) is 0 Å². The van der Waals surface area contributed by atoms with E-state index in [4.69, 9.17) is 0 Å². The molecule has 23 heavy (non-hydrogen) atoms. The number of benzene rings is 1. The molecule has 0 bridgehead atoms. The Morgan fingerprint density at radius 1 is 1.26 bits per heavy atom. The van der Waals surface area contributed by atoms with Crippen molar-refractivity contribution in [3.05, 3.63) is 60.2 Å². The molecule has 118 valence electrons. The molecule has 0 unspecified atom stereocenters. The summed E-state index contributed by atoms with van der Waals surface area (Å²) in [4.78, 5) is 8.53. The number of hydrogen-bond donors (Lipinski definition) is 1. The highest BCUT2D eigenvalue weighted by molar-refractivity contribution is 5.34. The average Bonchev–Trinajstić information content (AvgIpc) is 3.21. The molecule has 1 aliphatic heterocycles. The summed E-state index contributed by atoms with van der Waals surface area (Å²) in [7, 11) is 0. The predicted molar refractivity (Wildman–Crippen MR) is 87.3 cm³/mol. The molecule has 4 rings (SSSR count). The summed E-state index contributed by atoms with van der Waals surface area (Å²) in [5, 5.41) is 8.09. The Bertz CT molecular complexity index is 772. The molecule has 0 spiro atoms. The van der Waals surface area contributed by atoms with Crippen LogP contribution in [0.15, 0.2) is 43.0 Å². The monoisotopic (exact) mass is 308 g/mol. The number of hydrogen-bond acceptors (Lipinski definition) is 4. The lowest BCUT2D eigenvalue weighted by atomic mass is 10.1. The van der Waals surface area contributed by atoms with E-state index in [9.17, 15) is 0 Å². The van der Waals surface area contributed by atoms with Gasteiger partial charge in [-0.25, -0.2) is 14.6 Å². The lowest BCUT2D eigenvalue weighted by molar-refractivity contribution is 0.357. The third-order valence-electron chi connectivity index (χ3n) is 4.30. The van der Waals surface area contributed by atoms with Crippen LogP contribution in [0.25, 0.3) is 5.69 Å². The van der Waals surface area contributed by atoms with Crippen molar-refractivity contribution in [3.63, 3.8) is 0 Å². The number of fused-ring (bicyclic) bond motifs is 1. The van der Waals surface area contributed by atoms with Gasteiger partial charge in [0, 0.05) is 37.1 Å². The number of imidazole rings is 1. The Morgan fingerprint density at radius 2 is 2.13 bits per heavy atom. The summed E-state index contributed by atoms with van der Waals surface area (Å²) in [5.74, 6) is 1.99. The van der Waals surface area contributed by atoms with E-state index in [1.807, 2.05) is 28.7 Å². The first kappa shape index (κ1) is 14.1. The number of nitrogens with zero attached hydrogens (tertiary/aromatic N) is 5. The topological polar surface area (TPSA) is 60.6 Å². The van der Waals surface area contributed by atoms with Gasteiger partial charge in [0.05, 0.1) is 12.9 Å². The Balaban J connectivity index is 1.36. The van der Waals surface area contributed by atoms with Crippen molar-refractivity contribution in [3.8, 4) is 5.69 Å². The van der Waals surface area contributed by atoms with Gasteiger partial charge in [-0.2, -0.15) is 5.10 Å². The molecular weight excluding hydrogens is 288 g/mol. The van der Waals surface area contributed by atoms with Crippen LogP contribution in [-0.4, -0.2) is 30.4 Å². The molecule has 0 saturated heterocycles. The highest BCUT2D eigenvalue weighted by Crippen LogP contribution is 2.14. The van der Waals surface area contributed by atoms with Crippen LogP contribution in [0.5, 0.6) is 0 Å². The van der Waals surface area contributed by atoms with Gasteiger partial charge in [0.2, 0.25) is 0 Å². The minimum Gasteiger partial charge on any atom is -0.308 e. The predicted octanol–water partition coefficient (Wildman–Crippen LogP) is 1.88. The normalized spacial score (nSPS) is 17.2. The van der Waals surface area contributed by atoms with Crippen LogP contribution in [-0.2, 0) is 19.5 Å². The van der Waals surface area contributed by atoms with Crippen LogP contribution in [0.2, 0.25) is 0 Å². The molecule has 1 N–H and O–H groups in total. The fourth-order valence-electron chi connectivity index (χ4n) is 3.06. The van der Waals surface area contributed by atoms with Gasteiger partial charge in [0.1, 0.15) is 11.6 Å². The second-order valence-corrected chi connectivity index (χ2v) is 6.01. The molecule has 0 aliphatic carbocycles. The Labute approximate surface area is 135 Å². The summed E-state index contributed by atoms with van der Waals surface area (Å²) in [6.07, 6.45) is 7.67. The fraction of sp³-hybridized carbons (Fsp3) is 0.353. The van der Waals surface area contributed by atoms with Gasteiger partial charge < -0.3 is 9.88 Å². The van der Waals surface area contributed by atoms with Crippen molar-refractivity contribution >= 4 is 0 Å². The zero-order valence-electron chi connectivity index (χ0n) is 13.2. The van der Waals surface area contributed by atoms with E-state index in [-0.39, 0.29) is 0 Å². The maximum absolute atomic E-state index is 4.45. The fourth-order valence-corrected chi connectivity index (χ4v) is 3.06. The van der Waals surface area contributed by atoms with E-state index < -0.39 is 0 Å². The molecule has 3 aromatic rings. The van der Waals surface area contributed by atoms with Crippen LogP contribution in [0.3, 0.4) is 0 Å². The molecule has 3 heterocycles. The number of nitrogens with one attached hydrogen (secondary N) is 1. The van der Waals surface area contributed by atoms with E-state index in [0.29, 0.717) is 6.04 Å². The van der Waals surface area contributed by atoms with Crippen LogP contribution in [0.4, 0.5) is 0 Å². The Hall–Kier alpha value is -2.47. The SMILES string of the molecule is Cc1nc2n(n1)C[C@H](NCc1ccc(-n3ccnc3)cc1)CC2. The maximum Gasteiger partial charge on any atom is 0.147 e. The van der Waals surface area contributed by atoms with Crippen molar-refractivity contribution in [2.24, 2.45) is 0 Å². The van der Waals surface area contributed by atoms with Crippen LogP contribution in [0.1, 0.15) is 23.6 Å². The molecule has 0 amide bonds. The number of aryl methyl sites for hydroxylation is 2. The second kappa shape index (κ2) is 5.96. The molecule has 1 atom stereocenters. The smallest absolute Gasteiger partial charge is 0.147 e. The summed E-state index contributed by atoms with van der Waals surface area (Å²) in [6.45, 7) is 3.73. The quantitative estimate of drug-likeness (QED) is 0.799. The zero-order chi connectivity index (χ0) is 15.6. The molecule has 6 heteroatoms. The first-order chi connectivity index (χ1) is 11.3. The first-order valence-electron chi connectivity index (χ1n) is 7.99. The number of rotatable bonds is 4. The average molecular weight is 308 g/mol. The van der Waals surface area contributed by atoms with E-state index in [1.54, 1.807) is 6.20 Å². The lowest BCUT2D eigenvalue weighted by Crippen LogP contribution is -2.37. The van der Waals surface area contributed by atoms with Gasteiger partial charge in [0.15, 0.2) is 0 Å². The summed E-state index contributed by atoms with van der Waals surface area (Å²) >= 11 is 0. The third kappa shape index (κ3) is 3.03. The van der Waals surface area contributed by atoms with Gasteiger partial charge >= 0.3 is 0 Å². The van der Waals surface area contributed by atoms with Crippen LogP contribution >= 0.6 is 0 Å².